The van der Waals surface area contributed by atoms with Gasteiger partial charge in [-0.05, 0) is 23.8 Å². The highest BCUT2D eigenvalue weighted by Gasteiger charge is 2.23. The van der Waals surface area contributed by atoms with Crippen molar-refractivity contribution in [2.24, 2.45) is 0 Å². The zero-order chi connectivity index (χ0) is 13.9. The third-order valence-corrected chi connectivity index (χ3v) is 3.46. The van der Waals surface area contributed by atoms with Crippen molar-refractivity contribution < 1.29 is 14.7 Å². The molecule has 0 amide bonds. The van der Waals surface area contributed by atoms with E-state index >= 15 is 0 Å². The van der Waals surface area contributed by atoms with Crippen LogP contribution in [0.25, 0.3) is 0 Å². The Morgan fingerprint density at radius 3 is 2.65 bits per heavy atom. The predicted octanol–water partition coefficient (Wildman–Crippen LogP) is 3.02. The first kappa shape index (κ1) is 13.0. The van der Waals surface area contributed by atoms with Gasteiger partial charge in [0.2, 0.25) is 0 Å². The second-order valence-corrected chi connectivity index (χ2v) is 4.83. The van der Waals surface area contributed by atoms with Gasteiger partial charge in [-0.1, -0.05) is 30.3 Å². The molecule has 0 fully saturated rings. The number of ether oxygens (including phenoxy) is 2. The molecular formula is C16H17NO3. The third-order valence-electron chi connectivity index (χ3n) is 3.46. The van der Waals surface area contributed by atoms with Gasteiger partial charge in [0.05, 0.1) is 20.2 Å². The van der Waals surface area contributed by atoms with Crippen LogP contribution in [0.4, 0.5) is 0 Å². The van der Waals surface area contributed by atoms with Crippen molar-refractivity contribution >= 4 is 0 Å². The Hall–Kier alpha value is -2.04. The maximum Gasteiger partial charge on any atom is 0.139 e. The molecule has 1 aliphatic heterocycles. The summed E-state index contributed by atoms with van der Waals surface area (Å²) in [6.07, 6.45) is -0.199. The van der Waals surface area contributed by atoms with Crippen molar-refractivity contribution in [1.82, 2.24) is 5.06 Å². The highest BCUT2D eigenvalue weighted by molar-refractivity contribution is 5.36. The van der Waals surface area contributed by atoms with E-state index in [4.69, 9.17) is 9.47 Å². The summed E-state index contributed by atoms with van der Waals surface area (Å²) < 4.78 is 11.2. The Kier molecular flexibility index (Phi) is 3.58. The number of hydroxylamine groups is 2. The van der Waals surface area contributed by atoms with E-state index in [1.165, 1.54) is 5.06 Å². The van der Waals surface area contributed by atoms with E-state index in [0.29, 0.717) is 13.1 Å². The number of hydrogen-bond donors (Lipinski definition) is 1. The van der Waals surface area contributed by atoms with E-state index in [2.05, 4.69) is 0 Å². The average molecular weight is 271 g/mol. The highest BCUT2D eigenvalue weighted by atomic mass is 16.5. The monoisotopic (exact) mass is 271 g/mol. The molecule has 20 heavy (non-hydrogen) atoms. The van der Waals surface area contributed by atoms with Gasteiger partial charge in [0, 0.05) is 5.56 Å². The van der Waals surface area contributed by atoms with Crippen molar-refractivity contribution in [3.63, 3.8) is 0 Å². The second kappa shape index (κ2) is 5.53. The topological polar surface area (TPSA) is 41.9 Å². The zero-order valence-electron chi connectivity index (χ0n) is 11.3. The summed E-state index contributed by atoms with van der Waals surface area (Å²) in [5.41, 5.74) is 2.01. The number of para-hydroxylation sites is 1. The summed E-state index contributed by atoms with van der Waals surface area (Å²) in [6.45, 7) is 0.907. The highest BCUT2D eigenvalue weighted by Crippen LogP contribution is 2.30. The van der Waals surface area contributed by atoms with Gasteiger partial charge in [-0.2, -0.15) is 5.06 Å². The summed E-state index contributed by atoms with van der Waals surface area (Å²) in [7, 11) is 1.64. The van der Waals surface area contributed by atoms with Gasteiger partial charge in [0.1, 0.15) is 17.6 Å². The lowest BCUT2D eigenvalue weighted by atomic mass is 10.1. The van der Waals surface area contributed by atoms with Crippen LogP contribution in [0, 0.1) is 0 Å². The molecule has 1 N–H and O–H groups in total. The van der Waals surface area contributed by atoms with Gasteiger partial charge in [-0.3, -0.25) is 0 Å². The summed E-state index contributed by atoms with van der Waals surface area (Å²) in [6, 6.07) is 15.5. The molecule has 0 saturated heterocycles. The normalized spacial score (nSPS) is 18.8. The molecule has 1 atom stereocenters. The number of fused-ring (bicyclic) bond motifs is 1. The number of methoxy groups -OCH3 is 1. The fourth-order valence-corrected chi connectivity index (χ4v) is 2.38. The number of rotatable bonds is 2. The molecule has 1 unspecified atom stereocenters. The minimum absolute atomic E-state index is 0.199. The van der Waals surface area contributed by atoms with Crippen molar-refractivity contribution in [2.45, 2.75) is 12.6 Å². The first-order valence-electron chi connectivity index (χ1n) is 6.58. The van der Waals surface area contributed by atoms with Gasteiger partial charge in [0.25, 0.3) is 0 Å². The van der Waals surface area contributed by atoms with Gasteiger partial charge in [0.15, 0.2) is 0 Å². The first-order valence-corrected chi connectivity index (χ1v) is 6.58. The lowest BCUT2D eigenvalue weighted by Crippen LogP contribution is -2.24. The first-order chi connectivity index (χ1) is 9.76. The van der Waals surface area contributed by atoms with Crippen LogP contribution in [0.5, 0.6) is 11.5 Å². The van der Waals surface area contributed by atoms with Gasteiger partial charge in [-0.25, -0.2) is 0 Å². The lowest BCUT2D eigenvalue weighted by Gasteiger charge is -2.19. The molecule has 0 bridgehead atoms. The molecular weight excluding hydrogens is 254 g/mol. The molecule has 1 heterocycles. The predicted molar refractivity (Wildman–Crippen MR) is 75.0 cm³/mol. The lowest BCUT2D eigenvalue weighted by molar-refractivity contribution is -0.112. The number of hydrogen-bond acceptors (Lipinski definition) is 4. The van der Waals surface area contributed by atoms with Gasteiger partial charge in [-0.15, -0.1) is 0 Å². The SMILES string of the molecule is COc1ccc(C2CN(O)Cc3ccccc3O2)cc1. The molecule has 4 nitrogen and oxygen atoms in total. The van der Waals surface area contributed by atoms with Crippen LogP contribution in [0.15, 0.2) is 48.5 Å². The molecule has 0 aromatic heterocycles. The zero-order valence-corrected chi connectivity index (χ0v) is 11.3. The van der Waals surface area contributed by atoms with Crippen molar-refractivity contribution in [1.29, 1.82) is 0 Å². The molecule has 4 heteroatoms. The van der Waals surface area contributed by atoms with Crippen LogP contribution >= 0.6 is 0 Å². The largest absolute Gasteiger partial charge is 0.497 e. The standard InChI is InChI=1S/C16H17NO3/c1-19-14-8-6-12(7-9-14)16-11-17(18)10-13-4-2-3-5-15(13)20-16/h2-9,16,18H,10-11H2,1H3. The minimum atomic E-state index is -0.199. The van der Waals surface area contributed by atoms with Crippen molar-refractivity contribution in [2.75, 3.05) is 13.7 Å². The molecule has 104 valence electrons. The molecule has 1 aliphatic rings. The summed E-state index contributed by atoms with van der Waals surface area (Å²) in [4.78, 5) is 0. The summed E-state index contributed by atoms with van der Waals surface area (Å²) in [5, 5.41) is 11.3. The Morgan fingerprint density at radius 1 is 1.15 bits per heavy atom. The van der Waals surface area contributed by atoms with Crippen molar-refractivity contribution in [3.05, 3.63) is 59.7 Å². The quantitative estimate of drug-likeness (QED) is 0.911. The molecule has 0 radical (unpaired) electrons. The van der Waals surface area contributed by atoms with Crippen LogP contribution in [-0.4, -0.2) is 23.9 Å². The molecule has 2 aromatic carbocycles. The number of benzene rings is 2. The minimum Gasteiger partial charge on any atom is -0.497 e. The third kappa shape index (κ3) is 2.61. The fraction of sp³-hybridized carbons (Fsp3) is 0.250. The summed E-state index contributed by atoms with van der Waals surface area (Å²) in [5.74, 6) is 1.63. The molecule has 0 spiro atoms. The van der Waals surface area contributed by atoms with E-state index < -0.39 is 0 Å². The molecule has 0 saturated carbocycles. The van der Waals surface area contributed by atoms with Crippen molar-refractivity contribution in [3.8, 4) is 11.5 Å². The average Bonchev–Trinajstić information content (AvgIpc) is 2.65. The van der Waals surface area contributed by atoms with Crippen LogP contribution in [0.1, 0.15) is 17.2 Å². The second-order valence-electron chi connectivity index (χ2n) is 4.83. The fourth-order valence-electron chi connectivity index (χ4n) is 2.38. The maximum absolute atomic E-state index is 10.00. The van der Waals surface area contributed by atoms with Crippen LogP contribution < -0.4 is 9.47 Å². The van der Waals surface area contributed by atoms with Crippen LogP contribution in [-0.2, 0) is 6.54 Å². The van der Waals surface area contributed by atoms with Gasteiger partial charge < -0.3 is 14.7 Å². The molecule has 0 aliphatic carbocycles. The Labute approximate surface area is 118 Å². The maximum atomic E-state index is 10.00. The molecule has 3 rings (SSSR count). The number of nitrogens with zero attached hydrogens (tertiary/aromatic N) is 1. The van der Waals surface area contributed by atoms with E-state index in [1.807, 2.05) is 48.5 Å². The van der Waals surface area contributed by atoms with E-state index in [0.717, 1.165) is 22.6 Å². The van der Waals surface area contributed by atoms with E-state index in [9.17, 15) is 5.21 Å². The van der Waals surface area contributed by atoms with E-state index in [1.54, 1.807) is 7.11 Å². The summed E-state index contributed by atoms with van der Waals surface area (Å²) >= 11 is 0. The van der Waals surface area contributed by atoms with Crippen LogP contribution in [0.3, 0.4) is 0 Å². The smallest absolute Gasteiger partial charge is 0.139 e. The van der Waals surface area contributed by atoms with Crippen LogP contribution in [0.2, 0.25) is 0 Å². The van der Waals surface area contributed by atoms with Gasteiger partial charge >= 0.3 is 0 Å². The Morgan fingerprint density at radius 2 is 1.90 bits per heavy atom. The Bertz CT molecular complexity index is 583. The Balaban J connectivity index is 1.89. The molecule has 2 aromatic rings. The van der Waals surface area contributed by atoms with E-state index in [-0.39, 0.29) is 6.10 Å².